The predicted octanol–water partition coefficient (Wildman–Crippen LogP) is 1.88. The van der Waals surface area contributed by atoms with Crippen LogP contribution in [0.5, 0.6) is 0 Å². The van der Waals surface area contributed by atoms with Gasteiger partial charge in [-0.2, -0.15) is 0 Å². The van der Waals surface area contributed by atoms with Crippen molar-refractivity contribution in [3.05, 3.63) is 16.1 Å². The van der Waals surface area contributed by atoms with Gasteiger partial charge >= 0.3 is 0 Å². The van der Waals surface area contributed by atoms with Gasteiger partial charge in [0.15, 0.2) is 0 Å². The van der Waals surface area contributed by atoms with Gasteiger partial charge in [-0.15, -0.1) is 11.3 Å². The first-order valence-corrected chi connectivity index (χ1v) is 5.45. The summed E-state index contributed by atoms with van der Waals surface area (Å²) in [6.07, 6.45) is 3.63. The molecular weight excluding hydrogens is 186 g/mol. The summed E-state index contributed by atoms with van der Waals surface area (Å²) in [5.74, 6) is 0. The van der Waals surface area contributed by atoms with Crippen molar-refractivity contribution in [3.8, 4) is 0 Å². The Bertz CT molecular complexity index is 268. The number of nitrogens with zero attached hydrogens (tertiary/aromatic N) is 1. The Labute approximate surface area is 81.4 Å². The van der Waals surface area contributed by atoms with Crippen molar-refractivity contribution in [3.63, 3.8) is 0 Å². The molecule has 1 aromatic rings. The number of aromatic nitrogens is 1. The molecule has 1 unspecified atom stereocenters. The van der Waals surface area contributed by atoms with Crippen molar-refractivity contribution >= 4 is 11.3 Å². The molecular formula is C9H13NO2S. The van der Waals surface area contributed by atoms with E-state index in [9.17, 15) is 0 Å². The second-order valence-electron chi connectivity index (χ2n) is 3.19. The summed E-state index contributed by atoms with van der Waals surface area (Å²) < 4.78 is 5.59. The molecule has 1 aliphatic rings. The van der Waals surface area contributed by atoms with Crippen LogP contribution in [-0.2, 0) is 11.3 Å². The summed E-state index contributed by atoms with van der Waals surface area (Å²) in [5.41, 5.74) is 0.758. The molecule has 72 valence electrons. The van der Waals surface area contributed by atoms with Gasteiger partial charge < -0.3 is 9.84 Å². The zero-order chi connectivity index (χ0) is 9.10. The van der Waals surface area contributed by atoms with Crippen LogP contribution in [0.1, 0.15) is 36.1 Å². The first-order valence-electron chi connectivity index (χ1n) is 4.57. The van der Waals surface area contributed by atoms with Crippen molar-refractivity contribution in [2.75, 3.05) is 6.61 Å². The molecule has 1 N–H and O–H groups in total. The molecule has 0 aromatic carbocycles. The van der Waals surface area contributed by atoms with Gasteiger partial charge in [0.2, 0.25) is 0 Å². The van der Waals surface area contributed by atoms with Crippen LogP contribution in [0.4, 0.5) is 0 Å². The van der Waals surface area contributed by atoms with Crippen LogP contribution in [0.3, 0.4) is 0 Å². The Kier molecular flexibility index (Phi) is 2.93. The number of aliphatic hydroxyl groups is 1. The molecule has 1 aromatic heterocycles. The lowest BCUT2D eigenvalue weighted by Crippen LogP contribution is -2.11. The lowest BCUT2D eigenvalue weighted by atomic mass is 10.1. The highest BCUT2D eigenvalue weighted by atomic mass is 32.1. The van der Waals surface area contributed by atoms with E-state index < -0.39 is 0 Å². The number of aliphatic hydroxyl groups excluding tert-OH is 1. The molecule has 3 nitrogen and oxygen atoms in total. The fourth-order valence-electron chi connectivity index (χ4n) is 1.48. The normalized spacial score (nSPS) is 23.3. The molecule has 1 atom stereocenters. The van der Waals surface area contributed by atoms with E-state index >= 15 is 0 Å². The van der Waals surface area contributed by atoms with Gasteiger partial charge in [0.05, 0.1) is 12.3 Å². The summed E-state index contributed by atoms with van der Waals surface area (Å²) in [5, 5.41) is 11.8. The third kappa shape index (κ3) is 2.07. The van der Waals surface area contributed by atoms with Crippen LogP contribution in [0.15, 0.2) is 5.38 Å². The molecule has 0 saturated carbocycles. The van der Waals surface area contributed by atoms with E-state index in [-0.39, 0.29) is 12.7 Å². The molecule has 0 radical (unpaired) electrons. The van der Waals surface area contributed by atoms with Gasteiger partial charge in [-0.1, -0.05) is 0 Å². The number of hydrogen-bond donors (Lipinski definition) is 1. The number of hydrogen-bond acceptors (Lipinski definition) is 4. The van der Waals surface area contributed by atoms with E-state index in [1.165, 1.54) is 6.42 Å². The molecule has 13 heavy (non-hydrogen) atoms. The molecule has 0 spiro atoms. The van der Waals surface area contributed by atoms with Crippen molar-refractivity contribution in [1.29, 1.82) is 0 Å². The third-order valence-electron chi connectivity index (χ3n) is 2.19. The molecule has 2 heterocycles. The monoisotopic (exact) mass is 199 g/mol. The summed E-state index contributed by atoms with van der Waals surface area (Å²) >= 11 is 1.58. The molecule has 1 aliphatic heterocycles. The zero-order valence-corrected chi connectivity index (χ0v) is 8.22. The SMILES string of the molecule is OCc1csc(C2CCCCO2)n1. The largest absolute Gasteiger partial charge is 0.390 e. The van der Waals surface area contributed by atoms with E-state index in [0.717, 1.165) is 30.2 Å². The first kappa shape index (κ1) is 9.12. The van der Waals surface area contributed by atoms with Gasteiger partial charge in [0, 0.05) is 12.0 Å². The van der Waals surface area contributed by atoms with Gasteiger partial charge in [0.1, 0.15) is 11.1 Å². The van der Waals surface area contributed by atoms with Crippen molar-refractivity contribution < 1.29 is 9.84 Å². The van der Waals surface area contributed by atoms with Crippen molar-refractivity contribution in [1.82, 2.24) is 4.98 Å². The predicted molar refractivity (Wildman–Crippen MR) is 50.6 cm³/mol. The van der Waals surface area contributed by atoms with E-state index in [1.807, 2.05) is 5.38 Å². The molecule has 0 amide bonds. The lowest BCUT2D eigenvalue weighted by molar-refractivity contribution is 0.0146. The minimum atomic E-state index is 0.0310. The summed E-state index contributed by atoms with van der Waals surface area (Å²) in [6.45, 7) is 0.877. The number of ether oxygens (including phenoxy) is 1. The quantitative estimate of drug-likeness (QED) is 0.790. The Morgan fingerprint density at radius 2 is 2.54 bits per heavy atom. The van der Waals surface area contributed by atoms with Crippen molar-refractivity contribution in [2.45, 2.75) is 32.0 Å². The smallest absolute Gasteiger partial charge is 0.122 e. The minimum absolute atomic E-state index is 0.0310. The molecule has 0 bridgehead atoms. The van der Waals surface area contributed by atoms with Crippen LogP contribution >= 0.6 is 11.3 Å². The molecule has 1 saturated heterocycles. The van der Waals surface area contributed by atoms with Crippen molar-refractivity contribution in [2.24, 2.45) is 0 Å². The second-order valence-corrected chi connectivity index (χ2v) is 4.08. The lowest BCUT2D eigenvalue weighted by Gasteiger charge is -2.20. The summed E-state index contributed by atoms with van der Waals surface area (Å²) in [4.78, 5) is 4.30. The van der Waals surface area contributed by atoms with Crippen LogP contribution in [0.2, 0.25) is 0 Å². The van der Waals surface area contributed by atoms with Crippen LogP contribution in [0, 0.1) is 0 Å². The first-order chi connectivity index (χ1) is 6.40. The topological polar surface area (TPSA) is 42.4 Å². The highest BCUT2D eigenvalue weighted by molar-refractivity contribution is 7.09. The average molecular weight is 199 g/mol. The highest BCUT2D eigenvalue weighted by Gasteiger charge is 2.18. The zero-order valence-electron chi connectivity index (χ0n) is 7.40. The maximum atomic E-state index is 8.85. The molecule has 0 aliphatic carbocycles. The summed E-state index contributed by atoms with van der Waals surface area (Å²) in [7, 11) is 0. The van der Waals surface area contributed by atoms with Gasteiger partial charge in [0.25, 0.3) is 0 Å². The highest BCUT2D eigenvalue weighted by Crippen LogP contribution is 2.29. The van der Waals surface area contributed by atoms with Gasteiger partial charge in [-0.3, -0.25) is 0 Å². The third-order valence-corrected chi connectivity index (χ3v) is 3.17. The van der Waals surface area contributed by atoms with E-state index in [0.29, 0.717) is 0 Å². The Morgan fingerprint density at radius 1 is 1.62 bits per heavy atom. The standard InChI is InChI=1S/C9H13NO2S/c11-5-7-6-13-9(10-7)8-3-1-2-4-12-8/h6,8,11H,1-5H2. The fourth-order valence-corrected chi connectivity index (χ4v) is 2.37. The van der Waals surface area contributed by atoms with Gasteiger partial charge in [-0.05, 0) is 19.3 Å². The van der Waals surface area contributed by atoms with Crippen LogP contribution in [-0.4, -0.2) is 16.7 Å². The maximum Gasteiger partial charge on any atom is 0.122 e. The van der Waals surface area contributed by atoms with E-state index in [2.05, 4.69) is 4.98 Å². The molecule has 1 fully saturated rings. The second kappa shape index (κ2) is 4.17. The summed E-state index contributed by atoms with van der Waals surface area (Å²) in [6, 6.07) is 0. The Morgan fingerprint density at radius 3 is 3.15 bits per heavy atom. The van der Waals surface area contributed by atoms with Crippen LogP contribution in [0.25, 0.3) is 0 Å². The number of rotatable bonds is 2. The average Bonchev–Trinajstić information content (AvgIpc) is 2.67. The maximum absolute atomic E-state index is 8.85. The molecule has 4 heteroatoms. The number of thiazole rings is 1. The van der Waals surface area contributed by atoms with Crippen LogP contribution < -0.4 is 0 Å². The Hall–Kier alpha value is -0.450. The molecule has 2 rings (SSSR count). The fraction of sp³-hybridized carbons (Fsp3) is 0.667. The van der Waals surface area contributed by atoms with E-state index in [4.69, 9.17) is 9.84 Å². The van der Waals surface area contributed by atoms with Gasteiger partial charge in [-0.25, -0.2) is 4.98 Å². The minimum Gasteiger partial charge on any atom is -0.390 e. The Balaban J connectivity index is 2.05. The van der Waals surface area contributed by atoms with E-state index in [1.54, 1.807) is 11.3 Å².